The number of carbonyl (C=O) groups is 1. The fraction of sp³-hybridized carbons (Fsp3) is 0.0833. The summed E-state index contributed by atoms with van der Waals surface area (Å²) in [6.07, 6.45) is -2.67. The summed E-state index contributed by atoms with van der Waals surface area (Å²) in [7, 11) is 0. The van der Waals surface area contributed by atoms with Crippen molar-refractivity contribution >= 4 is 17.5 Å². The molecule has 0 saturated heterocycles. The predicted octanol–water partition coefficient (Wildman–Crippen LogP) is 3.08. The lowest BCUT2D eigenvalue weighted by atomic mass is 10.2. The molecule has 0 unspecified atom stereocenters. The normalized spacial score (nSPS) is 11.2. The van der Waals surface area contributed by atoms with E-state index in [-0.39, 0.29) is 5.69 Å². The molecule has 9 heteroatoms. The summed E-state index contributed by atoms with van der Waals surface area (Å²) >= 11 is 0. The largest absolute Gasteiger partial charge is 0.478 e. The van der Waals surface area contributed by atoms with Crippen molar-refractivity contribution in [2.75, 3.05) is 5.32 Å². The summed E-state index contributed by atoms with van der Waals surface area (Å²) in [4.78, 5) is 17.5. The Balaban J connectivity index is 2.27. The van der Waals surface area contributed by atoms with E-state index in [1.54, 1.807) is 0 Å². The van der Waals surface area contributed by atoms with Crippen LogP contribution >= 0.6 is 0 Å². The summed E-state index contributed by atoms with van der Waals surface area (Å²) < 4.78 is 50.8. The monoisotopic (exact) mass is 301 g/mol. The van der Waals surface area contributed by atoms with Crippen molar-refractivity contribution in [3.63, 3.8) is 0 Å². The second-order valence-electron chi connectivity index (χ2n) is 3.88. The lowest BCUT2D eigenvalue weighted by Gasteiger charge is -2.09. The number of nitrogens with one attached hydrogen (secondary N) is 1. The predicted molar refractivity (Wildman–Crippen MR) is 63.7 cm³/mol. The second-order valence-corrected chi connectivity index (χ2v) is 3.88. The zero-order valence-electron chi connectivity index (χ0n) is 10.1. The minimum atomic E-state index is -4.58. The van der Waals surface area contributed by atoms with Crippen molar-refractivity contribution in [2.45, 2.75) is 6.18 Å². The van der Waals surface area contributed by atoms with Gasteiger partial charge in [0.05, 0.1) is 11.9 Å². The molecule has 2 heterocycles. The van der Waals surface area contributed by atoms with Crippen molar-refractivity contribution in [3.8, 4) is 0 Å². The molecular weight excluding hydrogens is 294 g/mol. The maximum Gasteiger partial charge on any atom is 0.433 e. The van der Waals surface area contributed by atoms with Gasteiger partial charge in [0, 0.05) is 6.20 Å². The van der Waals surface area contributed by atoms with Crippen LogP contribution in [0.15, 0.2) is 30.6 Å². The Bertz CT molecular complexity index is 671. The molecule has 0 amide bonds. The molecule has 2 N–H and O–H groups in total. The van der Waals surface area contributed by atoms with Gasteiger partial charge in [-0.25, -0.2) is 19.2 Å². The Morgan fingerprint density at radius 3 is 2.43 bits per heavy atom. The first-order valence-electron chi connectivity index (χ1n) is 5.47. The van der Waals surface area contributed by atoms with Gasteiger partial charge in [0.2, 0.25) is 0 Å². The molecular formula is C12H7F4N3O2. The third-order valence-electron chi connectivity index (χ3n) is 2.44. The van der Waals surface area contributed by atoms with Crippen molar-refractivity contribution in [1.29, 1.82) is 0 Å². The average Bonchev–Trinajstić information content (AvgIpc) is 2.40. The van der Waals surface area contributed by atoms with Gasteiger partial charge in [0.15, 0.2) is 11.6 Å². The van der Waals surface area contributed by atoms with Crippen molar-refractivity contribution in [1.82, 2.24) is 9.97 Å². The van der Waals surface area contributed by atoms with Crippen molar-refractivity contribution in [3.05, 3.63) is 47.7 Å². The molecule has 2 rings (SSSR count). The van der Waals surface area contributed by atoms with Crippen LogP contribution in [0.25, 0.3) is 0 Å². The zero-order chi connectivity index (χ0) is 15.6. The quantitative estimate of drug-likeness (QED) is 0.852. The van der Waals surface area contributed by atoms with Crippen LogP contribution in [0.2, 0.25) is 0 Å². The van der Waals surface area contributed by atoms with Crippen LogP contribution in [-0.2, 0) is 6.18 Å². The van der Waals surface area contributed by atoms with E-state index in [4.69, 9.17) is 5.11 Å². The Labute approximate surface area is 115 Å². The highest BCUT2D eigenvalue weighted by atomic mass is 19.4. The highest BCUT2D eigenvalue weighted by Crippen LogP contribution is 2.28. The molecule has 0 aromatic carbocycles. The van der Waals surface area contributed by atoms with E-state index >= 15 is 0 Å². The molecule has 2 aromatic heterocycles. The van der Waals surface area contributed by atoms with E-state index in [2.05, 4.69) is 15.3 Å². The van der Waals surface area contributed by atoms with E-state index in [1.807, 2.05) is 0 Å². The first kappa shape index (κ1) is 14.7. The SMILES string of the molecule is O=C(O)c1ccnc(Nc2ccc(C(F)(F)F)nc2)c1F. The van der Waals surface area contributed by atoms with Gasteiger partial charge < -0.3 is 10.4 Å². The van der Waals surface area contributed by atoms with Gasteiger partial charge in [-0.05, 0) is 18.2 Å². The maximum atomic E-state index is 13.8. The van der Waals surface area contributed by atoms with Gasteiger partial charge >= 0.3 is 12.1 Å². The molecule has 5 nitrogen and oxygen atoms in total. The Morgan fingerprint density at radius 1 is 1.19 bits per heavy atom. The minimum absolute atomic E-state index is 0.0388. The molecule has 0 saturated carbocycles. The van der Waals surface area contributed by atoms with Crippen LogP contribution in [0.4, 0.5) is 29.1 Å². The second kappa shape index (κ2) is 5.35. The topological polar surface area (TPSA) is 75.1 Å². The third kappa shape index (κ3) is 3.25. The molecule has 0 spiro atoms. The summed E-state index contributed by atoms with van der Waals surface area (Å²) in [6.45, 7) is 0. The molecule has 0 fully saturated rings. The van der Waals surface area contributed by atoms with Crippen LogP contribution in [0.3, 0.4) is 0 Å². The zero-order valence-corrected chi connectivity index (χ0v) is 10.1. The summed E-state index contributed by atoms with van der Waals surface area (Å²) in [5.41, 5.74) is -1.66. The van der Waals surface area contributed by atoms with Crippen LogP contribution in [0.5, 0.6) is 0 Å². The number of carboxylic acids is 1. The molecule has 0 atom stereocenters. The van der Waals surface area contributed by atoms with Crippen molar-refractivity contribution < 1.29 is 27.5 Å². The van der Waals surface area contributed by atoms with E-state index in [0.717, 1.165) is 24.5 Å². The van der Waals surface area contributed by atoms with E-state index in [1.165, 1.54) is 0 Å². The van der Waals surface area contributed by atoms with E-state index < -0.39 is 35.0 Å². The molecule has 110 valence electrons. The van der Waals surface area contributed by atoms with E-state index in [0.29, 0.717) is 6.07 Å². The minimum Gasteiger partial charge on any atom is -0.478 e. The number of pyridine rings is 2. The van der Waals surface area contributed by atoms with E-state index in [9.17, 15) is 22.4 Å². The maximum absolute atomic E-state index is 13.8. The molecule has 21 heavy (non-hydrogen) atoms. The number of hydrogen-bond acceptors (Lipinski definition) is 4. The van der Waals surface area contributed by atoms with Gasteiger partial charge in [0.1, 0.15) is 11.3 Å². The molecule has 0 bridgehead atoms. The van der Waals surface area contributed by atoms with Gasteiger partial charge in [-0.1, -0.05) is 0 Å². The van der Waals surface area contributed by atoms with Crippen LogP contribution in [0.1, 0.15) is 16.1 Å². The van der Waals surface area contributed by atoms with Gasteiger partial charge in [0.25, 0.3) is 0 Å². The number of aromatic nitrogens is 2. The van der Waals surface area contributed by atoms with Crippen LogP contribution < -0.4 is 5.32 Å². The third-order valence-corrected chi connectivity index (χ3v) is 2.44. The molecule has 0 radical (unpaired) electrons. The molecule has 0 aliphatic rings. The number of aromatic carboxylic acids is 1. The average molecular weight is 301 g/mol. The number of halogens is 4. The number of hydrogen-bond donors (Lipinski definition) is 2. The fourth-order valence-electron chi connectivity index (χ4n) is 1.47. The summed E-state index contributed by atoms with van der Waals surface area (Å²) in [5, 5.41) is 11.1. The van der Waals surface area contributed by atoms with Crippen LogP contribution in [0, 0.1) is 5.82 Å². The lowest BCUT2D eigenvalue weighted by Crippen LogP contribution is -2.08. The Kier molecular flexibility index (Phi) is 3.74. The highest BCUT2D eigenvalue weighted by Gasteiger charge is 2.32. The van der Waals surface area contributed by atoms with Gasteiger partial charge in [-0.15, -0.1) is 0 Å². The number of alkyl halides is 3. The molecule has 0 aliphatic carbocycles. The molecule has 2 aromatic rings. The first-order valence-corrected chi connectivity index (χ1v) is 5.47. The fourth-order valence-corrected chi connectivity index (χ4v) is 1.47. The Morgan fingerprint density at radius 2 is 1.90 bits per heavy atom. The number of rotatable bonds is 3. The smallest absolute Gasteiger partial charge is 0.433 e. The summed E-state index contributed by atoms with van der Waals surface area (Å²) in [5.74, 6) is -3.02. The number of anilines is 2. The van der Waals surface area contributed by atoms with Gasteiger partial charge in [-0.2, -0.15) is 13.2 Å². The highest BCUT2D eigenvalue weighted by molar-refractivity contribution is 5.89. The van der Waals surface area contributed by atoms with Crippen LogP contribution in [-0.4, -0.2) is 21.0 Å². The summed E-state index contributed by atoms with van der Waals surface area (Å²) in [6, 6.07) is 2.71. The first-order chi connectivity index (χ1) is 9.79. The Hall–Kier alpha value is -2.71. The lowest BCUT2D eigenvalue weighted by molar-refractivity contribution is -0.141. The van der Waals surface area contributed by atoms with Gasteiger partial charge in [-0.3, -0.25) is 0 Å². The standard InChI is InChI=1S/C12H7F4N3O2/c13-9-7(11(20)21)3-4-17-10(9)19-6-1-2-8(18-5-6)12(14,15)16/h1-5H,(H,17,19)(H,20,21). The number of nitrogens with zero attached hydrogens (tertiary/aromatic N) is 2. The molecule has 0 aliphatic heterocycles. The number of carboxylic acid groups (broad SMARTS) is 1. The van der Waals surface area contributed by atoms with Crippen molar-refractivity contribution in [2.24, 2.45) is 0 Å².